The predicted octanol–water partition coefficient (Wildman–Crippen LogP) is 4.15. The first-order valence-corrected chi connectivity index (χ1v) is 9.11. The van der Waals surface area contributed by atoms with Gasteiger partial charge in [-0.15, -0.1) is 23.1 Å². The lowest BCUT2D eigenvalue weighted by Crippen LogP contribution is -2.46. The third kappa shape index (κ3) is 3.34. The van der Waals surface area contributed by atoms with Crippen LogP contribution in [-0.4, -0.2) is 36.0 Å². The van der Waals surface area contributed by atoms with Gasteiger partial charge in [0, 0.05) is 14.7 Å². The van der Waals surface area contributed by atoms with Gasteiger partial charge >= 0.3 is 0 Å². The summed E-state index contributed by atoms with van der Waals surface area (Å²) in [4.78, 5) is 15.9. The van der Waals surface area contributed by atoms with E-state index < -0.39 is 6.04 Å². The first-order chi connectivity index (χ1) is 11.1. The third-order valence-corrected chi connectivity index (χ3v) is 6.42. The van der Waals surface area contributed by atoms with E-state index >= 15 is 0 Å². The average molecular weight is 346 g/mol. The molecular formula is C17H18N2O2S2. The van der Waals surface area contributed by atoms with Crippen LogP contribution in [0.15, 0.2) is 53.9 Å². The molecule has 1 aliphatic rings. The van der Waals surface area contributed by atoms with Crippen molar-refractivity contribution in [2.45, 2.75) is 17.3 Å². The standard InChI is InChI=1S/C17H18N2O2S2/c1-18(2)13-11-15(14-9-6-10-22-14)23-17(16(13)19(20)21)12-7-4-3-5-8-12/h3-11,13,16-17H,1-2H3/t13-,16+,17-/m0/s1. The van der Waals surface area contributed by atoms with Crippen molar-refractivity contribution in [3.05, 3.63) is 74.5 Å². The van der Waals surface area contributed by atoms with Gasteiger partial charge in [0.1, 0.15) is 5.25 Å². The summed E-state index contributed by atoms with van der Waals surface area (Å²) in [5.41, 5.74) is 1.01. The molecule has 3 rings (SSSR count). The average Bonchev–Trinajstić information content (AvgIpc) is 3.08. The molecule has 23 heavy (non-hydrogen) atoms. The summed E-state index contributed by atoms with van der Waals surface area (Å²) in [5, 5.41) is 13.6. The fourth-order valence-corrected chi connectivity index (χ4v) is 5.14. The van der Waals surface area contributed by atoms with Crippen molar-refractivity contribution < 1.29 is 4.92 Å². The van der Waals surface area contributed by atoms with Crippen molar-refractivity contribution >= 4 is 28.0 Å². The molecule has 1 aliphatic heterocycles. The molecule has 2 aromatic rings. The van der Waals surface area contributed by atoms with E-state index in [4.69, 9.17) is 0 Å². The van der Waals surface area contributed by atoms with Crippen molar-refractivity contribution in [3.63, 3.8) is 0 Å². The van der Waals surface area contributed by atoms with Crippen LogP contribution in [0.4, 0.5) is 0 Å². The number of nitrogens with zero attached hydrogens (tertiary/aromatic N) is 2. The molecule has 6 heteroatoms. The van der Waals surface area contributed by atoms with E-state index in [1.165, 1.54) is 4.88 Å². The number of hydrogen-bond donors (Lipinski definition) is 0. The Morgan fingerprint density at radius 2 is 1.87 bits per heavy atom. The molecular weight excluding hydrogens is 328 g/mol. The maximum atomic E-state index is 11.8. The molecule has 120 valence electrons. The van der Waals surface area contributed by atoms with Gasteiger partial charge in [-0.3, -0.25) is 15.0 Å². The van der Waals surface area contributed by atoms with Crippen LogP contribution >= 0.6 is 23.1 Å². The van der Waals surface area contributed by atoms with Gasteiger partial charge in [-0.1, -0.05) is 36.4 Å². The molecule has 0 aliphatic carbocycles. The molecule has 0 saturated heterocycles. The summed E-state index contributed by atoms with van der Waals surface area (Å²) in [6, 6.07) is 13.0. The predicted molar refractivity (Wildman–Crippen MR) is 97.3 cm³/mol. The van der Waals surface area contributed by atoms with E-state index in [1.807, 2.05) is 66.8 Å². The highest BCUT2D eigenvalue weighted by Crippen LogP contribution is 2.49. The maximum absolute atomic E-state index is 11.8. The molecule has 0 N–H and O–H groups in total. The Labute approximate surface area is 144 Å². The van der Waals surface area contributed by atoms with Crippen molar-refractivity contribution in [2.24, 2.45) is 0 Å². The van der Waals surface area contributed by atoms with Gasteiger partial charge in [-0.05, 0) is 37.2 Å². The zero-order valence-corrected chi connectivity index (χ0v) is 14.6. The topological polar surface area (TPSA) is 46.4 Å². The molecule has 2 heterocycles. The summed E-state index contributed by atoms with van der Waals surface area (Å²) in [7, 11) is 3.81. The van der Waals surface area contributed by atoms with Crippen LogP contribution in [0, 0.1) is 10.1 Å². The van der Waals surface area contributed by atoms with E-state index in [1.54, 1.807) is 23.1 Å². The van der Waals surface area contributed by atoms with E-state index in [0.717, 1.165) is 10.5 Å². The summed E-state index contributed by atoms with van der Waals surface area (Å²) >= 11 is 3.28. The molecule has 3 atom stereocenters. The van der Waals surface area contributed by atoms with Crippen LogP contribution in [0.1, 0.15) is 15.7 Å². The number of hydrogen-bond acceptors (Lipinski definition) is 5. The van der Waals surface area contributed by atoms with Gasteiger partial charge in [0.25, 0.3) is 0 Å². The Morgan fingerprint density at radius 1 is 1.13 bits per heavy atom. The second-order valence-electron chi connectivity index (χ2n) is 5.69. The van der Waals surface area contributed by atoms with Gasteiger partial charge in [-0.25, -0.2) is 0 Å². The van der Waals surface area contributed by atoms with Crippen molar-refractivity contribution in [1.82, 2.24) is 4.90 Å². The van der Waals surface area contributed by atoms with E-state index in [2.05, 4.69) is 6.07 Å². The minimum absolute atomic E-state index is 0.128. The van der Waals surface area contributed by atoms with Crippen molar-refractivity contribution in [1.29, 1.82) is 0 Å². The molecule has 0 saturated carbocycles. The van der Waals surface area contributed by atoms with E-state index in [-0.39, 0.29) is 16.2 Å². The summed E-state index contributed by atoms with van der Waals surface area (Å²) < 4.78 is 0. The Balaban J connectivity index is 2.07. The van der Waals surface area contributed by atoms with Crippen LogP contribution < -0.4 is 0 Å². The minimum atomic E-state index is -0.666. The van der Waals surface area contributed by atoms with E-state index in [0.29, 0.717) is 0 Å². The molecule has 0 unspecified atom stereocenters. The van der Waals surface area contributed by atoms with Gasteiger partial charge in [0.05, 0.1) is 6.04 Å². The molecule has 0 radical (unpaired) electrons. The number of thiophene rings is 1. The van der Waals surface area contributed by atoms with Gasteiger partial charge in [-0.2, -0.15) is 0 Å². The fourth-order valence-electron chi connectivity index (χ4n) is 2.84. The first-order valence-electron chi connectivity index (χ1n) is 7.35. The minimum Gasteiger partial charge on any atom is -0.297 e. The van der Waals surface area contributed by atoms with Gasteiger partial charge < -0.3 is 0 Å². The molecule has 0 spiro atoms. The van der Waals surface area contributed by atoms with Crippen LogP contribution in [0.5, 0.6) is 0 Å². The Morgan fingerprint density at radius 3 is 2.43 bits per heavy atom. The summed E-state index contributed by atoms with van der Waals surface area (Å²) in [5.74, 6) is 0. The maximum Gasteiger partial charge on any atom is 0.247 e. The number of rotatable bonds is 4. The number of likely N-dealkylation sites (N-methyl/N-ethyl adjacent to an activating group) is 1. The van der Waals surface area contributed by atoms with Crippen LogP contribution in [0.3, 0.4) is 0 Å². The fraction of sp³-hybridized carbons (Fsp3) is 0.294. The number of nitro groups is 1. The molecule has 0 bridgehead atoms. The third-order valence-electron chi connectivity index (χ3n) is 3.97. The quantitative estimate of drug-likeness (QED) is 0.616. The number of benzene rings is 1. The monoisotopic (exact) mass is 346 g/mol. The Hall–Kier alpha value is -1.63. The zero-order chi connectivity index (χ0) is 16.4. The van der Waals surface area contributed by atoms with Crippen LogP contribution in [-0.2, 0) is 0 Å². The van der Waals surface area contributed by atoms with Gasteiger partial charge in [0.2, 0.25) is 6.04 Å². The highest BCUT2D eigenvalue weighted by atomic mass is 32.2. The molecule has 4 nitrogen and oxygen atoms in total. The van der Waals surface area contributed by atoms with Crippen LogP contribution in [0.25, 0.3) is 4.91 Å². The van der Waals surface area contributed by atoms with Gasteiger partial charge in [0.15, 0.2) is 0 Å². The van der Waals surface area contributed by atoms with Crippen LogP contribution in [0.2, 0.25) is 0 Å². The highest BCUT2D eigenvalue weighted by Gasteiger charge is 2.44. The lowest BCUT2D eigenvalue weighted by Gasteiger charge is -2.34. The summed E-state index contributed by atoms with van der Waals surface area (Å²) in [6.45, 7) is 0. The second-order valence-corrected chi connectivity index (χ2v) is 7.82. The zero-order valence-electron chi connectivity index (χ0n) is 13.0. The normalized spacial score (nSPS) is 24.5. The van der Waals surface area contributed by atoms with E-state index in [9.17, 15) is 10.1 Å². The summed E-state index contributed by atoms with van der Waals surface area (Å²) in [6.07, 6.45) is 2.05. The SMILES string of the molecule is CN(C)[C@H]1C=C(c2cccs2)S[C@@H](c2ccccc2)[C@@H]1[N+](=O)[O-]. The largest absolute Gasteiger partial charge is 0.297 e. The molecule has 1 aromatic heterocycles. The molecule has 1 aromatic carbocycles. The highest BCUT2D eigenvalue weighted by molar-refractivity contribution is 8.08. The first kappa shape index (κ1) is 16.2. The lowest BCUT2D eigenvalue weighted by molar-refractivity contribution is -0.528. The van der Waals surface area contributed by atoms with Crippen molar-refractivity contribution in [3.8, 4) is 0 Å². The molecule has 0 amide bonds. The Bertz CT molecular complexity index is 699. The second kappa shape index (κ2) is 6.86. The lowest BCUT2D eigenvalue weighted by atomic mass is 9.97. The van der Waals surface area contributed by atoms with Crippen molar-refractivity contribution in [2.75, 3.05) is 14.1 Å². The Kier molecular flexibility index (Phi) is 4.84. The molecule has 0 fully saturated rings. The smallest absolute Gasteiger partial charge is 0.247 e. The number of thioether (sulfide) groups is 1.